The van der Waals surface area contributed by atoms with Gasteiger partial charge in [-0.15, -0.1) is 0 Å². The number of hydrogen-bond donors (Lipinski definition) is 1. The van der Waals surface area contributed by atoms with Gasteiger partial charge in [0.05, 0.1) is 18.9 Å². The lowest BCUT2D eigenvalue weighted by molar-refractivity contribution is -0.0397. The quantitative estimate of drug-likeness (QED) is 0.604. The van der Waals surface area contributed by atoms with Crippen LogP contribution in [0, 0.1) is 5.41 Å². The van der Waals surface area contributed by atoms with Crippen molar-refractivity contribution >= 4 is 0 Å². The maximum atomic E-state index is 5.81. The Kier molecular flexibility index (Phi) is 9.22. The van der Waals surface area contributed by atoms with E-state index < -0.39 is 0 Å². The fourth-order valence-corrected chi connectivity index (χ4v) is 4.02. The number of nitrogens with zero attached hydrogens (tertiary/aromatic N) is 3. The van der Waals surface area contributed by atoms with Crippen molar-refractivity contribution in [2.45, 2.75) is 52.0 Å². The molecule has 0 amide bonds. The van der Waals surface area contributed by atoms with E-state index >= 15 is 0 Å². The average molecular weight is 381 g/mol. The third kappa shape index (κ3) is 6.86. The van der Waals surface area contributed by atoms with Gasteiger partial charge >= 0.3 is 0 Å². The van der Waals surface area contributed by atoms with E-state index in [1.807, 2.05) is 0 Å². The molecule has 0 unspecified atom stereocenters. The number of ether oxygens (including phenoxy) is 2. The highest BCUT2D eigenvalue weighted by atomic mass is 16.5. The minimum Gasteiger partial charge on any atom is -0.381 e. The molecule has 1 fully saturated rings. The summed E-state index contributed by atoms with van der Waals surface area (Å²) in [6.45, 7) is 10.4. The van der Waals surface area contributed by atoms with E-state index in [9.17, 15) is 0 Å². The van der Waals surface area contributed by atoms with Crippen LogP contribution in [0.25, 0.3) is 0 Å². The van der Waals surface area contributed by atoms with E-state index in [2.05, 4.69) is 61.2 Å². The summed E-state index contributed by atoms with van der Waals surface area (Å²) in [4.78, 5) is 4.61. The number of aromatic nitrogens is 2. The van der Waals surface area contributed by atoms with Gasteiger partial charge < -0.3 is 19.3 Å². The largest absolute Gasteiger partial charge is 0.381 e. The van der Waals surface area contributed by atoms with Gasteiger partial charge in [-0.1, -0.05) is 0 Å². The van der Waals surface area contributed by atoms with Crippen LogP contribution in [0.2, 0.25) is 0 Å². The first kappa shape index (κ1) is 22.3. The molecule has 6 heteroatoms. The summed E-state index contributed by atoms with van der Waals surface area (Å²) < 4.78 is 11.6. The molecule has 1 aromatic rings. The predicted octanol–water partition coefficient (Wildman–Crippen LogP) is 3.12. The minimum atomic E-state index is 0.182. The van der Waals surface area contributed by atoms with Gasteiger partial charge in [-0.3, -0.25) is 5.10 Å². The Morgan fingerprint density at radius 1 is 1.07 bits per heavy atom. The Morgan fingerprint density at radius 3 is 2.26 bits per heavy atom. The molecule has 6 nitrogen and oxygen atoms in total. The van der Waals surface area contributed by atoms with Crippen LogP contribution in [0.4, 0.5) is 0 Å². The zero-order valence-corrected chi connectivity index (χ0v) is 18.1. The van der Waals surface area contributed by atoms with Gasteiger partial charge in [-0.25, -0.2) is 0 Å². The first-order chi connectivity index (χ1) is 13.0. The highest BCUT2D eigenvalue weighted by molar-refractivity contribution is 5.21. The first-order valence-electron chi connectivity index (χ1n) is 10.5. The molecular weight excluding hydrogens is 340 g/mol. The molecule has 1 heterocycles. The minimum absolute atomic E-state index is 0.182. The summed E-state index contributed by atoms with van der Waals surface area (Å²) in [6, 6.07) is 0. The van der Waals surface area contributed by atoms with Gasteiger partial charge in [0.25, 0.3) is 0 Å². The number of rotatable bonds is 12. The molecule has 156 valence electrons. The fourth-order valence-electron chi connectivity index (χ4n) is 4.02. The lowest BCUT2D eigenvalue weighted by Gasteiger charge is -2.39. The van der Waals surface area contributed by atoms with Crippen LogP contribution in [0.1, 0.15) is 56.7 Å². The predicted molar refractivity (Wildman–Crippen MR) is 110 cm³/mol. The second-order valence-corrected chi connectivity index (χ2v) is 8.39. The maximum absolute atomic E-state index is 5.81. The lowest BCUT2D eigenvalue weighted by atomic mass is 9.70. The number of nitrogens with one attached hydrogen (secondary N) is 1. The third-order valence-corrected chi connectivity index (χ3v) is 5.78. The van der Waals surface area contributed by atoms with Gasteiger partial charge in [0, 0.05) is 55.9 Å². The Labute approximate surface area is 165 Å². The molecule has 1 aliphatic rings. The molecule has 0 bridgehead atoms. The Morgan fingerprint density at radius 2 is 1.70 bits per heavy atom. The number of aromatic amines is 1. The van der Waals surface area contributed by atoms with E-state index in [1.165, 1.54) is 24.1 Å². The standard InChI is InChI=1S/C21H40N4O2/c1-6-26-16-21(17-27-7-2)10-8-18(9-11-21)20-19(14-22-23-20)15-25(5)13-12-24(3)4/h14,18H,6-13,15-17H2,1-5H3,(H,22,23). The molecule has 27 heavy (non-hydrogen) atoms. The van der Waals surface area contributed by atoms with Gasteiger partial charge in [-0.2, -0.15) is 5.10 Å². The van der Waals surface area contributed by atoms with Crippen molar-refractivity contribution in [1.82, 2.24) is 20.0 Å². The van der Waals surface area contributed by atoms with E-state index in [1.54, 1.807) is 0 Å². The molecule has 0 atom stereocenters. The lowest BCUT2D eigenvalue weighted by Crippen LogP contribution is -2.36. The Bertz CT molecular complexity index is 514. The van der Waals surface area contributed by atoms with Gasteiger partial charge in [0.2, 0.25) is 0 Å². The van der Waals surface area contributed by atoms with Gasteiger partial charge in [-0.05, 0) is 60.7 Å². The first-order valence-corrected chi connectivity index (χ1v) is 10.5. The van der Waals surface area contributed by atoms with Crippen LogP contribution in [0.3, 0.4) is 0 Å². The highest BCUT2D eigenvalue weighted by Gasteiger charge is 2.37. The molecule has 0 aromatic carbocycles. The average Bonchev–Trinajstić information content (AvgIpc) is 3.11. The van der Waals surface area contributed by atoms with E-state index in [0.717, 1.165) is 58.9 Å². The van der Waals surface area contributed by atoms with Crippen LogP contribution in [-0.2, 0) is 16.0 Å². The van der Waals surface area contributed by atoms with Crippen molar-refractivity contribution in [3.63, 3.8) is 0 Å². The number of H-pyrrole nitrogens is 1. The van der Waals surface area contributed by atoms with Crippen molar-refractivity contribution in [2.24, 2.45) is 5.41 Å². The molecule has 0 spiro atoms. The fraction of sp³-hybridized carbons (Fsp3) is 0.857. The molecular formula is C21H40N4O2. The zero-order chi connectivity index (χ0) is 19.7. The van der Waals surface area contributed by atoms with Gasteiger partial charge in [0.15, 0.2) is 0 Å². The second kappa shape index (κ2) is 11.1. The molecule has 1 aromatic heterocycles. The van der Waals surface area contributed by atoms with Crippen molar-refractivity contribution < 1.29 is 9.47 Å². The van der Waals surface area contributed by atoms with Crippen molar-refractivity contribution in [3.8, 4) is 0 Å². The van der Waals surface area contributed by atoms with Crippen molar-refractivity contribution in [2.75, 3.05) is 60.7 Å². The Balaban J connectivity index is 1.94. The molecule has 0 radical (unpaired) electrons. The zero-order valence-electron chi connectivity index (χ0n) is 18.1. The summed E-state index contributed by atoms with van der Waals surface area (Å²) in [7, 11) is 6.43. The summed E-state index contributed by atoms with van der Waals surface area (Å²) in [6.07, 6.45) is 6.73. The SMILES string of the molecule is CCOCC1(COCC)CCC(c2n[nH]cc2CN(C)CCN(C)C)CC1. The smallest absolute Gasteiger partial charge is 0.0697 e. The highest BCUT2D eigenvalue weighted by Crippen LogP contribution is 2.44. The summed E-state index contributed by atoms with van der Waals surface area (Å²) in [5.41, 5.74) is 2.80. The van der Waals surface area contributed by atoms with Crippen LogP contribution < -0.4 is 0 Å². The number of hydrogen-bond acceptors (Lipinski definition) is 5. The molecule has 0 aliphatic heterocycles. The van der Waals surface area contributed by atoms with Crippen molar-refractivity contribution in [3.05, 3.63) is 17.5 Å². The number of likely N-dealkylation sites (N-methyl/N-ethyl adjacent to an activating group) is 2. The van der Waals surface area contributed by atoms with Crippen LogP contribution in [0.5, 0.6) is 0 Å². The molecule has 1 saturated carbocycles. The van der Waals surface area contributed by atoms with Crippen LogP contribution in [-0.4, -0.2) is 80.7 Å². The molecule has 1 N–H and O–H groups in total. The molecule has 0 saturated heterocycles. The van der Waals surface area contributed by atoms with Crippen LogP contribution >= 0.6 is 0 Å². The van der Waals surface area contributed by atoms with Crippen LogP contribution in [0.15, 0.2) is 6.20 Å². The Hall–Kier alpha value is -0.950. The monoisotopic (exact) mass is 380 g/mol. The summed E-state index contributed by atoms with van der Waals surface area (Å²) >= 11 is 0. The maximum Gasteiger partial charge on any atom is 0.0697 e. The summed E-state index contributed by atoms with van der Waals surface area (Å²) in [5.74, 6) is 0.546. The van der Waals surface area contributed by atoms with E-state index in [0.29, 0.717) is 5.92 Å². The van der Waals surface area contributed by atoms with Gasteiger partial charge in [0.1, 0.15) is 0 Å². The molecule has 2 rings (SSSR count). The van der Waals surface area contributed by atoms with E-state index in [-0.39, 0.29) is 5.41 Å². The third-order valence-electron chi connectivity index (χ3n) is 5.78. The van der Waals surface area contributed by atoms with Crippen molar-refractivity contribution in [1.29, 1.82) is 0 Å². The second-order valence-electron chi connectivity index (χ2n) is 8.39. The summed E-state index contributed by atoms with van der Waals surface area (Å²) in [5, 5.41) is 7.75. The topological polar surface area (TPSA) is 53.6 Å². The molecule has 1 aliphatic carbocycles. The van der Waals surface area contributed by atoms with E-state index in [4.69, 9.17) is 9.47 Å². The normalized spacial score (nSPS) is 17.9.